The third-order valence-corrected chi connectivity index (χ3v) is 10.6. The Hall–Kier alpha value is -2.25. The minimum Gasteiger partial charge on any atom is -0.462 e. The van der Waals surface area contributed by atoms with Gasteiger partial charge in [0.1, 0.15) is 12.7 Å². The maximum absolute atomic E-state index is 12.7. The van der Waals surface area contributed by atoms with Crippen molar-refractivity contribution in [2.24, 2.45) is 0 Å². The molecule has 0 heterocycles. The Bertz CT molecular complexity index is 1310. The van der Waals surface area contributed by atoms with Crippen LogP contribution in [0.3, 0.4) is 0 Å². The van der Waals surface area contributed by atoms with E-state index in [1.54, 1.807) is 12.2 Å². The smallest absolute Gasteiger partial charge is 0.462 e. The van der Waals surface area contributed by atoms with E-state index in [0.717, 1.165) is 96.3 Å². The molecular formula is C44H78O14P2. The van der Waals surface area contributed by atoms with Crippen molar-refractivity contribution < 1.29 is 66.3 Å². The van der Waals surface area contributed by atoms with E-state index in [1.165, 1.54) is 32.1 Å². The first kappa shape index (κ1) is 57.8. The van der Waals surface area contributed by atoms with E-state index in [-0.39, 0.29) is 18.6 Å². The number of ether oxygens (including phenoxy) is 2. The van der Waals surface area contributed by atoms with Crippen LogP contribution in [0.1, 0.15) is 174 Å². The van der Waals surface area contributed by atoms with Gasteiger partial charge in [-0.25, -0.2) is 9.13 Å². The Balaban J connectivity index is 4.60. The molecule has 0 spiro atoms. The minimum atomic E-state index is -4.88. The Labute approximate surface area is 360 Å². The van der Waals surface area contributed by atoms with Crippen LogP contribution in [0.15, 0.2) is 48.6 Å². The van der Waals surface area contributed by atoms with Crippen molar-refractivity contribution in [3.63, 3.8) is 0 Å². The van der Waals surface area contributed by atoms with E-state index in [9.17, 15) is 33.5 Å². The highest BCUT2D eigenvalue weighted by atomic mass is 31.2. The van der Waals surface area contributed by atoms with Gasteiger partial charge < -0.3 is 29.3 Å². The molecule has 0 radical (unpaired) electrons. The summed E-state index contributed by atoms with van der Waals surface area (Å²) in [7, 11) is -9.71. The van der Waals surface area contributed by atoms with E-state index in [1.807, 2.05) is 6.08 Å². The lowest BCUT2D eigenvalue weighted by molar-refractivity contribution is -0.161. The maximum Gasteiger partial charge on any atom is 0.472 e. The molecule has 0 aromatic carbocycles. The summed E-state index contributed by atoms with van der Waals surface area (Å²) in [6, 6.07) is 0. The summed E-state index contributed by atoms with van der Waals surface area (Å²) in [6.07, 6.45) is 36.3. The number of phosphoric acid groups is 2. The lowest BCUT2D eigenvalue weighted by Crippen LogP contribution is -2.30. The highest BCUT2D eigenvalue weighted by Gasteiger charge is 2.28. The van der Waals surface area contributed by atoms with Crippen molar-refractivity contribution in [3.8, 4) is 0 Å². The van der Waals surface area contributed by atoms with Crippen LogP contribution in [0.25, 0.3) is 0 Å². The van der Waals surface area contributed by atoms with Gasteiger partial charge in [0.2, 0.25) is 0 Å². The molecule has 3 atom stereocenters. The molecule has 0 saturated carbocycles. The summed E-state index contributed by atoms with van der Waals surface area (Å²) in [4.78, 5) is 64.7. The van der Waals surface area contributed by atoms with Gasteiger partial charge in [-0.05, 0) is 70.3 Å². The monoisotopic (exact) mass is 892 g/mol. The molecule has 0 aromatic rings. The molecule has 348 valence electrons. The number of phosphoric ester groups is 2. The zero-order valence-electron chi connectivity index (χ0n) is 36.5. The molecule has 0 aliphatic carbocycles. The van der Waals surface area contributed by atoms with Gasteiger partial charge in [0.15, 0.2) is 11.9 Å². The van der Waals surface area contributed by atoms with Crippen LogP contribution in [-0.2, 0) is 46.6 Å². The molecule has 0 amide bonds. The first-order chi connectivity index (χ1) is 28.8. The number of unbranched alkanes of at least 4 members (excludes halogenated alkanes) is 17. The highest BCUT2D eigenvalue weighted by molar-refractivity contribution is 7.47. The number of hydrogen-bond acceptors (Lipinski definition) is 11. The van der Waals surface area contributed by atoms with Crippen molar-refractivity contribution in [2.75, 3.05) is 26.4 Å². The highest BCUT2D eigenvalue weighted by Crippen LogP contribution is 2.43. The lowest BCUT2D eigenvalue weighted by atomic mass is 10.1. The van der Waals surface area contributed by atoms with Crippen molar-refractivity contribution >= 4 is 33.4 Å². The fourth-order valence-electron chi connectivity index (χ4n) is 5.71. The molecule has 0 saturated heterocycles. The number of esters is 2. The lowest BCUT2D eigenvalue weighted by Gasteiger charge is -2.20. The number of allylic oxidation sites excluding steroid dienone is 8. The summed E-state index contributed by atoms with van der Waals surface area (Å²) in [5.41, 5.74) is 0. The molecule has 0 aliphatic rings. The van der Waals surface area contributed by atoms with E-state index in [0.29, 0.717) is 19.3 Å². The summed E-state index contributed by atoms with van der Waals surface area (Å²) in [5.74, 6) is -1.05. The summed E-state index contributed by atoms with van der Waals surface area (Å²) >= 11 is 0. The maximum atomic E-state index is 12.7. The first-order valence-corrected chi connectivity index (χ1v) is 25.3. The average Bonchev–Trinajstić information content (AvgIpc) is 3.20. The fourth-order valence-corrected chi connectivity index (χ4v) is 6.87. The predicted molar refractivity (Wildman–Crippen MR) is 235 cm³/mol. The second-order valence-electron chi connectivity index (χ2n) is 15.0. The zero-order valence-corrected chi connectivity index (χ0v) is 38.3. The van der Waals surface area contributed by atoms with Crippen LogP contribution in [0, 0.1) is 0 Å². The van der Waals surface area contributed by atoms with Gasteiger partial charge in [0.05, 0.1) is 19.8 Å². The van der Waals surface area contributed by atoms with Gasteiger partial charge >= 0.3 is 27.6 Å². The van der Waals surface area contributed by atoms with E-state index < -0.39 is 66.2 Å². The van der Waals surface area contributed by atoms with E-state index >= 15 is 0 Å². The Kier molecular flexibility index (Phi) is 38.1. The average molecular weight is 893 g/mol. The van der Waals surface area contributed by atoms with Crippen molar-refractivity contribution in [2.45, 2.75) is 187 Å². The number of hydrogen-bond donors (Lipinski definition) is 4. The topological polar surface area (TPSA) is 212 Å². The molecule has 14 nitrogen and oxygen atoms in total. The van der Waals surface area contributed by atoms with Crippen molar-refractivity contribution in [1.82, 2.24) is 0 Å². The fraction of sp³-hybridized carbons (Fsp3) is 0.750. The molecule has 60 heavy (non-hydrogen) atoms. The van der Waals surface area contributed by atoms with Crippen LogP contribution >= 0.6 is 15.6 Å². The SMILES string of the molecule is CCCCC/C=C\C=C\C(=O)CCCCCCCC(=O)OC[C@H](COP(=O)(O)OC[C@@H](O)COP(=O)(O)O)OC(=O)CCCCCCCCC/C=C\C/C=C\CCCCC. The minimum absolute atomic E-state index is 0.0856. The standard InChI is InChI=1S/C44H78O14P2/c1-3-5-7-9-11-12-13-14-15-16-17-18-19-20-22-26-31-35-44(48)58-42(39-57-60(52,53)56-37-41(46)36-55-59(49,50)51)38-54-43(47)34-30-27-23-25-29-33-40(45)32-28-24-21-10-8-6-4-2/h11-12,14-15,21,24,28,32,41-42,46H,3-10,13,16-20,22-23,25-27,29-31,33-39H2,1-2H3,(H,52,53)(H2,49,50,51)/b12-11-,15-14-,24-21-,32-28+/t41-,42+/m0/s1. The van der Waals surface area contributed by atoms with Gasteiger partial charge in [-0.2, -0.15) is 0 Å². The molecule has 0 aromatic heterocycles. The molecule has 4 N–H and O–H groups in total. The van der Waals surface area contributed by atoms with Crippen LogP contribution in [0.2, 0.25) is 0 Å². The Morgan fingerprint density at radius 2 is 1.02 bits per heavy atom. The largest absolute Gasteiger partial charge is 0.472 e. The van der Waals surface area contributed by atoms with Gasteiger partial charge in [-0.15, -0.1) is 0 Å². The van der Waals surface area contributed by atoms with Crippen LogP contribution < -0.4 is 0 Å². The summed E-state index contributed by atoms with van der Waals surface area (Å²) in [5, 5.41) is 9.74. The second-order valence-corrected chi connectivity index (χ2v) is 17.7. The van der Waals surface area contributed by atoms with Crippen LogP contribution in [0.4, 0.5) is 0 Å². The quantitative estimate of drug-likeness (QED) is 0.0112. The number of aliphatic hydroxyl groups is 1. The molecule has 0 bridgehead atoms. The number of ketones is 1. The third-order valence-electron chi connectivity index (χ3n) is 9.16. The third kappa shape index (κ3) is 42.4. The number of carbonyl (C=O) groups is 3. The molecule has 0 fully saturated rings. The second kappa shape index (κ2) is 39.6. The zero-order chi connectivity index (χ0) is 44.6. The molecule has 0 aliphatic heterocycles. The summed E-state index contributed by atoms with van der Waals surface area (Å²) in [6.45, 7) is 1.54. The van der Waals surface area contributed by atoms with Crippen LogP contribution in [-0.4, -0.2) is 76.1 Å². The van der Waals surface area contributed by atoms with E-state index in [4.69, 9.17) is 23.8 Å². The van der Waals surface area contributed by atoms with Crippen molar-refractivity contribution in [1.29, 1.82) is 0 Å². The molecular weight excluding hydrogens is 814 g/mol. The normalized spacial score (nSPS) is 14.4. The summed E-state index contributed by atoms with van der Waals surface area (Å²) < 4.78 is 47.7. The molecule has 0 rings (SSSR count). The molecule has 16 heteroatoms. The van der Waals surface area contributed by atoms with Gasteiger partial charge in [-0.3, -0.25) is 28.0 Å². The number of carbonyl (C=O) groups excluding carboxylic acids is 3. The van der Waals surface area contributed by atoms with E-state index in [2.05, 4.69) is 53.3 Å². The number of rotatable bonds is 42. The Morgan fingerprint density at radius 3 is 1.60 bits per heavy atom. The number of aliphatic hydroxyl groups excluding tert-OH is 1. The van der Waals surface area contributed by atoms with Gasteiger partial charge in [-0.1, -0.05) is 133 Å². The van der Waals surface area contributed by atoms with Gasteiger partial charge in [0.25, 0.3) is 0 Å². The van der Waals surface area contributed by atoms with Crippen LogP contribution in [0.5, 0.6) is 0 Å². The van der Waals surface area contributed by atoms with Gasteiger partial charge in [0, 0.05) is 19.3 Å². The first-order valence-electron chi connectivity index (χ1n) is 22.3. The Morgan fingerprint density at radius 1 is 0.533 bits per heavy atom. The predicted octanol–water partition coefficient (Wildman–Crippen LogP) is 10.6. The van der Waals surface area contributed by atoms with Crippen molar-refractivity contribution in [3.05, 3.63) is 48.6 Å². The molecule has 1 unspecified atom stereocenters.